The average Bonchev–Trinajstić information content (AvgIpc) is 2.91. The Bertz CT molecular complexity index is 429. The SMILES string of the molecule is COc1cnn(CCN(C)C)c1C1(C)CCC(N)C1. The molecule has 2 rings (SSSR count). The van der Waals surface area contributed by atoms with Crippen LogP contribution in [0.2, 0.25) is 0 Å². The second kappa shape index (κ2) is 5.51. The van der Waals surface area contributed by atoms with Crippen molar-refractivity contribution in [3.8, 4) is 5.75 Å². The third-order valence-corrected chi connectivity index (χ3v) is 4.14. The number of rotatable bonds is 5. The summed E-state index contributed by atoms with van der Waals surface area (Å²) >= 11 is 0. The minimum Gasteiger partial charge on any atom is -0.493 e. The largest absolute Gasteiger partial charge is 0.493 e. The predicted molar refractivity (Wildman–Crippen MR) is 76.5 cm³/mol. The molecule has 0 saturated heterocycles. The van der Waals surface area contributed by atoms with Crippen LogP contribution in [0.3, 0.4) is 0 Å². The van der Waals surface area contributed by atoms with E-state index in [1.165, 1.54) is 5.69 Å². The predicted octanol–water partition coefficient (Wildman–Crippen LogP) is 1.22. The van der Waals surface area contributed by atoms with Crippen molar-refractivity contribution >= 4 is 0 Å². The first-order valence-electron chi connectivity index (χ1n) is 6.97. The van der Waals surface area contributed by atoms with Gasteiger partial charge in [0.15, 0.2) is 5.75 Å². The zero-order valence-electron chi connectivity index (χ0n) is 12.5. The van der Waals surface area contributed by atoms with E-state index in [1.54, 1.807) is 7.11 Å². The van der Waals surface area contributed by atoms with E-state index in [9.17, 15) is 0 Å². The van der Waals surface area contributed by atoms with Crippen molar-refractivity contribution < 1.29 is 4.74 Å². The van der Waals surface area contributed by atoms with Gasteiger partial charge in [-0.1, -0.05) is 6.92 Å². The Hall–Kier alpha value is -1.07. The molecule has 0 radical (unpaired) electrons. The summed E-state index contributed by atoms with van der Waals surface area (Å²) in [5, 5.41) is 4.50. The molecule has 2 unspecified atom stereocenters. The maximum atomic E-state index is 6.10. The van der Waals surface area contributed by atoms with E-state index in [-0.39, 0.29) is 5.41 Å². The molecule has 1 fully saturated rings. The first-order valence-corrected chi connectivity index (χ1v) is 6.97. The molecule has 1 heterocycles. The highest BCUT2D eigenvalue weighted by Gasteiger charge is 2.39. The Labute approximate surface area is 115 Å². The standard InChI is InChI=1S/C14H26N4O/c1-14(6-5-11(15)9-14)13-12(19-4)10-16-18(13)8-7-17(2)3/h10-11H,5-9,15H2,1-4H3. The molecular weight excluding hydrogens is 240 g/mol. The Morgan fingerprint density at radius 3 is 2.84 bits per heavy atom. The summed E-state index contributed by atoms with van der Waals surface area (Å²) in [6.07, 6.45) is 5.04. The summed E-state index contributed by atoms with van der Waals surface area (Å²) in [5.41, 5.74) is 7.41. The summed E-state index contributed by atoms with van der Waals surface area (Å²) in [4.78, 5) is 2.17. The van der Waals surface area contributed by atoms with E-state index in [4.69, 9.17) is 10.5 Å². The van der Waals surface area contributed by atoms with Gasteiger partial charge in [0.1, 0.15) is 0 Å². The first-order chi connectivity index (χ1) is 8.96. The molecule has 5 nitrogen and oxygen atoms in total. The minimum atomic E-state index is 0.0908. The van der Waals surface area contributed by atoms with Crippen molar-refractivity contribution in [3.63, 3.8) is 0 Å². The Balaban J connectivity index is 2.28. The lowest BCUT2D eigenvalue weighted by Gasteiger charge is -2.26. The van der Waals surface area contributed by atoms with Gasteiger partial charge in [0, 0.05) is 18.0 Å². The summed E-state index contributed by atoms with van der Waals surface area (Å²) in [6.45, 7) is 4.14. The Morgan fingerprint density at radius 1 is 1.58 bits per heavy atom. The second-order valence-electron chi connectivity index (χ2n) is 6.15. The van der Waals surface area contributed by atoms with Crippen LogP contribution in [-0.4, -0.2) is 48.5 Å². The Morgan fingerprint density at radius 2 is 2.32 bits per heavy atom. The highest BCUT2D eigenvalue weighted by molar-refractivity contribution is 5.33. The minimum absolute atomic E-state index is 0.0908. The van der Waals surface area contributed by atoms with Crippen molar-refractivity contribution in [2.24, 2.45) is 5.73 Å². The van der Waals surface area contributed by atoms with Gasteiger partial charge >= 0.3 is 0 Å². The van der Waals surface area contributed by atoms with E-state index >= 15 is 0 Å². The third-order valence-electron chi connectivity index (χ3n) is 4.14. The second-order valence-corrected chi connectivity index (χ2v) is 6.15. The topological polar surface area (TPSA) is 56.3 Å². The number of nitrogens with zero attached hydrogens (tertiary/aromatic N) is 3. The van der Waals surface area contributed by atoms with Crippen molar-refractivity contribution in [2.75, 3.05) is 27.7 Å². The normalized spacial score (nSPS) is 27.2. The molecule has 2 N–H and O–H groups in total. The van der Waals surface area contributed by atoms with Crippen LogP contribution in [0.4, 0.5) is 0 Å². The maximum absolute atomic E-state index is 6.10. The number of ether oxygens (including phenoxy) is 1. The van der Waals surface area contributed by atoms with Gasteiger partial charge in [-0.25, -0.2) is 0 Å². The molecule has 0 amide bonds. The molecule has 1 aliphatic carbocycles. The zero-order valence-corrected chi connectivity index (χ0v) is 12.5. The van der Waals surface area contributed by atoms with Crippen LogP contribution < -0.4 is 10.5 Å². The van der Waals surface area contributed by atoms with Crippen LogP contribution >= 0.6 is 0 Å². The molecule has 0 spiro atoms. The van der Waals surface area contributed by atoms with Crippen molar-refractivity contribution in [2.45, 2.75) is 44.2 Å². The molecule has 1 aliphatic rings. The first kappa shape index (κ1) is 14.3. The summed E-state index contributed by atoms with van der Waals surface area (Å²) in [7, 11) is 5.87. The average molecular weight is 266 g/mol. The van der Waals surface area contributed by atoms with E-state index in [1.807, 2.05) is 6.20 Å². The van der Waals surface area contributed by atoms with Crippen LogP contribution in [-0.2, 0) is 12.0 Å². The van der Waals surface area contributed by atoms with Crippen LogP contribution in [0.1, 0.15) is 31.9 Å². The zero-order chi connectivity index (χ0) is 14.0. The number of hydrogen-bond acceptors (Lipinski definition) is 4. The van der Waals surface area contributed by atoms with E-state index in [2.05, 4.69) is 35.7 Å². The highest BCUT2D eigenvalue weighted by Crippen LogP contribution is 2.43. The summed E-state index contributed by atoms with van der Waals surface area (Å²) < 4.78 is 7.60. The van der Waals surface area contributed by atoms with Gasteiger partial charge in [-0.3, -0.25) is 4.68 Å². The molecule has 1 aromatic heterocycles. The van der Waals surface area contributed by atoms with Gasteiger partial charge in [-0.15, -0.1) is 0 Å². The quantitative estimate of drug-likeness (QED) is 0.870. The third kappa shape index (κ3) is 2.92. The number of hydrogen-bond donors (Lipinski definition) is 1. The molecule has 1 aromatic rings. The van der Waals surface area contributed by atoms with E-state index in [0.717, 1.165) is 38.1 Å². The summed E-state index contributed by atoms with van der Waals surface area (Å²) in [5.74, 6) is 0.898. The lowest BCUT2D eigenvalue weighted by Crippen LogP contribution is -2.28. The molecule has 108 valence electrons. The smallest absolute Gasteiger partial charge is 0.160 e. The Kier molecular flexibility index (Phi) is 4.16. The fraction of sp³-hybridized carbons (Fsp3) is 0.786. The van der Waals surface area contributed by atoms with Gasteiger partial charge in [0.05, 0.1) is 25.5 Å². The van der Waals surface area contributed by atoms with Gasteiger partial charge in [-0.05, 0) is 33.4 Å². The molecule has 0 aromatic carbocycles. The maximum Gasteiger partial charge on any atom is 0.160 e. The van der Waals surface area contributed by atoms with E-state index in [0.29, 0.717) is 6.04 Å². The van der Waals surface area contributed by atoms with Crippen LogP contribution in [0.25, 0.3) is 0 Å². The van der Waals surface area contributed by atoms with Gasteiger partial charge in [-0.2, -0.15) is 5.10 Å². The fourth-order valence-corrected chi connectivity index (χ4v) is 3.09. The van der Waals surface area contributed by atoms with Crippen molar-refractivity contribution in [3.05, 3.63) is 11.9 Å². The highest BCUT2D eigenvalue weighted by atomic mass is 16.5. The number of nitrogens with two attached hydrogens (primary N) is 1. The fourth-order valence-electron chi connectivity index (χ4n) is 3.09. The van der Waals surface area contributed by atoms with Gasteiger partial charge in [0.25, 0.3) is 0 Å². The monoisotopic (exact) mass is 266 g/mol. The number of aromatic nitrogens is 2. The lowest BCUT2D eigenvalue weighted by atomic mass is 9.84. The molecule has 0 bridgehead atoms. The van der Waals surface area contributed by atoms with Crippen LogP contribution in [0.5, 0.6) is 5.75 Å². The number of likely N-dealkylation sites (N-methyl/N-ethyl adjacent to an activating group) is 1. The van der Waals surface area contributed by atoms with Crippen molar-refractivity contribution in [1.29, 1.82) is 0 Å². The van der Waals surface area contributed by atoms with E-state index < -0.39 is 0 Å². The van der Waals surface area contributed by atoms with Crippen LogP contribution in [0.15, 0.2) is 6.20 Å². The summed E-state index contributed by atoms with van der Waals surface area (Å²) in [6, 6.07) is 0.298. The molecule has 0 aliphatic heterocycles. The molecular formula is C14H26N4O. The lowest BCUT2D eigenvalue weighted by molar-refractivity contribution is 0.338. The van der Waals surface area contributed by atoms with Crippen molar-refractivity contribution in [1.82, 2.24) is 14.7 Å². The molecule has 1 saturated carbocycles. The molecule has 5 heteroatoms. The van der Waals surface area contributed by atoms with Gasteiger partial charge in [0.2, 0.25) is 0 Å². The number of methoxy groups -OCH3 is 1. The van der Waals surface area contributed by atoms with Crippen LogP contribution in [0, 0.1) is 0 Å². The molecule has 19 heavy (non-hydrogen) atoms. The molecule has 2 atom stereocenters. The van der Waals surface area contributed by atoms with Gasteiger partial charge < -0.3 is 15.4 Å².